The number of hydrogen-bond donors (Lipinski definition) is 1. The highest BCUT2D eigenvalue weighted by Gasteiger charge is 2.42. The van der Waals surface area contributed by atoms with E-state index in [2.05, 4.69) is 10.2 Å². The van der Waals surface area contributed by atoms with Crippen molar-refractivity contribution in [3.63, 3.8) is 0 Å². The zero-order chi connectivity index (χ0) is 27.1. The molecule has 2 aromatic carbocycles. The van der Waals surface area contributed by atoms with E-state index in [1.54, 1.807) is 38.4 Å². The molecule has 2 heterocycles. The van der Waals surface area contributed by atoms with Gasteiger partial charge in [0.05, 0.1) is 46.1 Å². The summed E-state index contributed by atoms with van der Waals surface area (Å²) >= 11 is 0. The summed E-state index contributed by atoms with van der Waals surface area (Å²) in [7, 11) is 6.23. The maximum absolute atomic E-state index is 13.6. The Kier molecular flexibility index (Phi) is 9.33. The van der Waals surface area contributed by atoms with Gasteiger partial charge in [-0.15, -0.1) is 0 Å². The quantitative estimate of drug-likeness (QED) is 0.446. The molecule has 206 valence electrons. The molecule has 2 saturated heterocycles. The normalized spacial score (nSPS) is 19.8. The van der Waals surface area contributed by atoms with Gasteiger partial charge in [-0.05, 0) is 63.0 Å². The van der Waals surface area contributed by atoms with Gasteiger partial charge in [-0.1, -0.05) is 12.1 Å². The Balaban J connectivity index is 1.65. The maximum atomic E-state index is 13.6. The van der Waals surface area contributed by atoms with Gasteiger partial charge in [-0.25, -0.2) is 0 Å². The molecule has 0 radical (unpaired) electrons. The SMILES string of the molecule is COc1ccc([C@@H]2[C@H](C(=O)NCCCN3CCCC3)CCC(=O)N2c2cc(OC)c(OC)c(OC)c2)cc1. The Morgan fingerprint density at radius 1 is 0.947 bits per heavy atom. The van der Waals surface area contributed by atoms with Gasteiger partial charge < -0.3 is 34.1 Å². The van der Waals surface area contributed by atoms with E-state index in [-0.39, 0.29) is 18.2 Å². The fourth-order valence-electron chi connectivity index (χ4n) is 5.51. The molecular weight excluding hydrogens is 486 g/mol. The van der Waals surface area contributed by atoms with Crippen LogP contribution >= 0.6 is 0 Å². The summed E-state index contributed by atoms with van der Waals surface area (Å²) in [5, 5.41) is 3.15. The van der Waals surface area contributed by atoms with Crippen molar-refractivity contribution in [1.29, 1.82) is 0 Å². The Labute approximate surface area is 225 Å². The highest BCUT2D eigenvalue weighted by atomic mass is 16.5. The van der Waals surface area contributed by atoms with Gasteiger partial charge in [-0.2, -0.15) is 0 Å². The zero-order valence-corrected chi connectivity index (χ0v) is 22.8. The predicted octanol–water partition coefficient (Wildman–Crippen LogP) is 3.81. The van der Waals surface area contributed by atoms with E-state index in [1.165, 1.54) is 20.0 Å². The molecule has 0 aromatic heterocycles. The lowest BCUT2D eigenvalue weighted by molar-refractivity contribution is -0.129. The molecule has 2 atom stereocenters. The maximum Gasteiger partial charge on any atom is 0.227 e. The highest BCUT2D eigenvalue weighted by Crippen LogP contribution is 2.46. The average Bonchev–Trinajstić information content (AvgIpc) is 3.48. The van der Waals surface area contributed by atoms with Crippen LogP contribution in [0.1, 0.15) is 43.7 Å². The summed E-state index contributed by atoms with van der Waals surface area (Å²) in [4.78, 5) is 31.2. The number of nitrogens with zero attached hydrogens (tertiary/aromatic N) is 2. The van der Waals surface area contributed by atoms with Gasteiger partial charge in [-0.3, -0.25) is 9.59 Å². The Morgan fingerprint density at radius 3 is 2.18 bits per heavy atom. The summed E-state index contributed by atoms with van der Waals surface area (Å²) in [6, 6.07) is 10.5. The number of ether oxygens (including phenoxy) is 4. The number of piperidine rings is 1. The number of hydrogen-bond acceptors (Lipinski definition) is 7. The summed E-state index contributed by atoms with van der Waals surface area (Å²) in [6.45, 7) is 3.88. The van der Waals surface area contributed by atoms with Crippen LogP contribution in [0.2, 0.25) is 0 Å². The second-order valence-electron chi connectivity index (χ2n) is 9.70. The third-order valence-corrected chi connectivity index (χ3v) is 7.47. The number of likely N-dealkylation sites (tertiary alicyclic amines) is 1. The third-order valence-electron chi connectivity index (χ3n) is 7.47. The lowest BCUT2D eigenvalue weighted by Gasteiger charge is -2.41. The van der Waals surface area contributed by atoms with Crippen LogP contribution in [-0.2, 0) is 9.59 Å². The van der Waals surface area contributed by atoms with Crippen molar-refractivity contribution in [2.75, 3.05) is 59.5 Å². The van der Waals surface area contributed by atoms with Gasteiger partial charge in [0.1, 0.15) is 5.75 Å². The number of carbonyl (C=O) groups excluding carboxylic acids is 2. The molecule has 38 heavy (non-hydrogen) atoms. The average molecular weight is 526 g/mol. The number of nitrogens with one attached hydrogen (secondary N) is 1. The smallest absolute Gasteiger partial charge is 0.227 e. The number of amides is 2. The number of methoxy groups -OCH3 is 4. The van der Waals surface area contributed by atoms with Crippen LogP contribution < -0.4 is 29.2 Å². The molecule has 0 aliphatic carbocycles. The van der Waals surface area contributed by atoms with Gasteiger partial charge in [0.15, 0.2) is 11.5 Å². The number of anilines is 1. The third kappa shape index (κ3) is 5.99. The van der Waals surface area contributed by atoms with Crippen LogP contribution in [0, 0.1) is 5.92 Å². The Hall–Kier alpha value is -3.46. The van der Waals surface area contributed by atoms with Gasteiger partial charge >= 0.3 is 0 Å². The van der Waals surface area contributed by atoms with Crippen LogP contribution in [0.25, 0.3) is 0 Å². The fraction of sp³-hybridized carbons (Fsp3) is 0.517. The first kappa shape index (κ1) is 27.6. The molecule has 2 aliphatic heterocycles. The summed E-state index contributed by atoms with van der Waals surface area (Å²) in [5.74, 6) is 1.49. The van der Waals surface area contributed by atoms with Crippen molar-refractivity contribution in [1.82, 2.24) is 10.2 Å². The number of benzene rings is 2. The van der Waals surface area contributed by atoms with Crippen LogP contribution in [0.15, 0.2) is 36.4 Å². The molecule has 0 unspecified atom stereocenters. The van der Waals surface area contributed by atoms with Gasteiger partial charge in [0.25, 0.3) is 0 Å². The second kappa shape index (κ2) is 12.9. The largest absolute Gasteiger partial charge is 0.497 e. The van der Waals surface area contributed by atoms with Crippen LogP contribution in [0.3, 0.4) is 0 Å². The fourth-order valence-corrected chi connectivity index (χ4v) is 5.51. The molecular formula is C29H39N3O6. The molecule has 4 rings (SSSR count). The molecule has 2 aromatic rings. The molecule has 9 heteroatoms. The summed E-state index contributed by atoms with van der Waals surface area (Å²) in [5.41, 5.74) is 1.43. The first-order valence-corrected chi connectivity index (χ1v) is 13.3. The molecule has 0 bridgehead atoms. The van der Waals surface area contributed by atoms with Crippen LogP contribution in [0.5, 0.6) is 23.0 Å². The van der Waals surface area contributed by atoms with E-state index in [1.807, 2.05) is 24.3 Å². The molecule has 2 fully saturated rings. The number of carbonyl (C=O) groups is 2. The Morgan fingerprint density at radius 2 is 1.61 bits per heavy atom. The van der Waals surface area contributed by atoms with E-state index < -0.39 is 12.0 Å². The van der Waals surface area contributed by atoms with Crippen molar-refractivity contribution in [2.45, 2.75) is 38.1 Å². The van der Waals surface area contributed by atoms with Crippen LogP contribution in [-0.4, -0.2) is 71.3 Å². The monoisotopic (exact) mass is 525 g/mol. The zero-order valence-electron chi connectivity index (χ0n) is 22.8. The van der Waals surface area contributed by atoms with Crippen molar-refractivity contribution in [2.24, 2.45) is 5.92 Å². The minimum Gasteiger partial charge on any atom is -0.497 e. The van der Waals surface area contributed by atoms with Crippen LogP contribution in [0.4, 0.5) is 5.69 Å². The summed E-state index contributed by atoms with van der Waals surface area (Å²) < 4.78 is 21.9. The van der Waals surface area contributed by atoms with Crippen molar-refractivity contribution < 1.29 is 28.5 Å². The molecule has 0 saturated carbocycles. The molecule has 9 nitrogen and oxygen atoms in total. The second-order valence-corrected chi connectivity index (χ2v) is 9.70. The molecule has 2 amide bonds. The topological polar surface area (TPSA) is 89.6 Å². The number of rotatable bonds is 11. The van der Waals surface area contributed by atoms with Crippen molar-refractivity contribution in [3.05, 3.63) is 42.0 Å². The van der Waals surface area contributed by atoms with E-state index in [9.17, 15) is 9.59 Å². The summed E-state index contributed by atoms with van der Waals surface area (Å²) in [6.07, 6.45) is 4.14. The lowest BCUT2D eigenvalue weighted by Crippen LogP contribution is -2.48. The minimum atomic E-state index is -0.511. The van der Waals surface area contributed by atoms with Gasteiger partial charge in [0.2, 0.25) is 17.6 Å². The van der Waals surface area contributed by atoms with E-state index in [4.69, 9.17) is 18.9 Å². The van der Waals surface area contributed by atoms with Gasteiger partial charge in [0, 0.05) is 25.1 Å². The van der Waals surface area contributed by atoms with E-state index in [0.717, 1.165) is 31.6 Å². The predicted molar refractivity (Wildman–Crippen MR) is 145 cm³/mol. The standard InChI is InChI=1S/C29H39N3O6/c1-35-22-10-8-20(9-11-22)27-23(29(34)30-14-7-17-31-15-5-6-16-31)12-13-26(33)32(27)21-18-24(36-2)28(38-4)25(19-21)37-3/h8-11,18-19,23,27H,5-7,12-17H2,1-4H3,(H,30,34)/t23-,27-/m1/s1. The first-order valence-electron chi connectivity index (χ1n) is 13.3. The van der Waals surface area contributed by atoms with E-state index >= 15 is 0 Å². The lowest BCUT2D eigenvalue weighted by atomic mass is 9.83. The van der Waals surface area contributed by atoms with Crippen molar-refractivity contribution in [3.8, 4) is 23.0 Å². The molecule has 1 N–H and O–H groups in total. The Bertz CT molecular complexity index is 1070. The first-order chi connectivity index (χ1) is 18.5. The van der Waals surface area contributed by atoms with E-state index in [0.29, 0.717) is 41.7 Å². The minimum absolute atomic E-state index is 0.0443. The highest BCUT2D eigenvalue weighted by molar-refractivity contribution is 5.98. The molecule has 2 aliphatic rings. The van der Waals surface area contributed by atoms with Crippen molar-refractivity contribution >= 4 is 17.5 Å². The molecule has 0 spiro atoms.